The van der Waals surface area contributed by atoms with E-state index in [1.165, 1.54) is 0 Å². The fourth-order valence-electron chi connectivity index (χ4n) is 1.82. The van der Waals surface area contributed by atoms with Crippen molar-refractivity contribution in [1.29, 1.82) is 0 Å². The molecule has 0 N–H and O–H groups in total. The molecule has 0 saturated carbocycles. The summed E-state index contributed by atoms with van der Waals surface area (Å²) in [6.07, 6.45) is 9.20. The molecular formula is C12H12N4O. The molecule has 0 atom stereocenters. The van der Waals surface area contributed by atoms with Crippen molar-refractivity contribution in [3.05, 3.63) is 48.7 Å². The van der Waals surface area contributed by atoms with E-state index in [4.69, 9.17) is 4.42 Å². The predicted octanol–water partition coefficient (Wildman–Crippen LogP) is 1.92. The lowest BCUT2D eigenvalue weighted by molar-refractivity contribution is 0.571. The Hall–Kier alpha value is -2.30. The number of hydrogen-bond acceptors (Lipinski definition) is 3. The van der Waals surface area contributed by atoms with Crippen LogP contribution in [0.3, 0.4) is 0 Å². The summed E-state index contributed by atoms with van der Waals surface area (Å²) in [5.74, 6) is 1.61. The molecular weight excluding hydrogens is 216 g/mol. The van der Waals surface area contributed by atoms with Crippen molar-refractivity contribution in [1.82, 2.24) is 19.3 Å². The van der Waals surface area contributed by atoms with E-state index >= 15 is 0 Å². The van der Waals surface area contributed by atoms with Crippen LogP contribution in [0.15, 0.2) is 47.6 Å². The van der Waals surface area contributed by atoms with E-state index in [9.17, 15) is 0 Å². The Labute approximate surface area is 98.3 Å². The quantitative estimate of drug-likeness (QED) is 0.688. The zero-order valence-corrected chi connectivity index (χ0v) is 9.45. The number of aromatic nitrogens is 4. The Morgan fingerprint density at radius 2 is 2.35 bits per heavy atom. The number of imidazole rings is 1. The van der Waals surface area contributed by atoms with Crippen LogP contribution in [-0.4, -0.2) is 19.3 Å². The summed E-state index contributed by atoms with van der Waals surface area (Å²) in [5, 5.41) is 4.15. The Bertz CT molecular complexity index is 606. The van der Waals surface area contributed by atoms with E-state index in [1.54, 1.807) is 17.1 Å². The first-order valence-electron chi connectivity index (χ1n) is 5.35. The molecule has 86 valence electrons. The Balaban J connectivity index is 1.92. The van der Waals surface area contributed by atoms with Crippen LogP contribution < -0.4 is 0 Å². The van der Waals surface area contributed by atoms with Crippen molar-refractivity contribution in [3.63, 3.8) is 0 Å². The maximum Gasteiger partial charge on any atom is 0.176 e. The lowest BCUT2D eigenvalue weighted by Gasteiger charge is -2.03. The van der Waals surface area contributed by atoms with Crippen LogP contribution in [0.2, 0.25) is 0 Å². The molecule has 0 amide bonds. The van der Waals surface area contributed by atoms with E-state index in [-0.39, 0.29) is 0 Å². The van der Waals surface area contributed by atoms with Gasteiger partial charge in [-0.05, 0) is 12.1 Å². The monoisotopic (exact) mass is 228 g/mol. The van der Waals surface area contributed by atoms with Crippen molar-refractivity contribution >= 4 is 0 Å². The van der Waals surface area contributed by atoms with Gasteiger partial charge < -0.3 is 8.98 Å². The lowest BCUT2D eigenvalue weighted by Crippen LogP contribution is -1.99. The van der Waals surface area contributed by atoms with Crippen LogP contribution in [-0.2, 0) is 13.6 Å². The number of nitrogens with zero attached hydrogens (tertiary/aromatic N) is 4. The van der Waals surface area contributed by atoms with Crippen LogP contribution in [0.5, 0.6) is 0 Å². The molecule has 0 aliphatic carbocycles. The largest absolute Gasteiger partial charge is 0.461 e. The van der Waals surface area contributed by atoms with E-state index in [2.05, 4.69) is 10.1 Å². The van der Waals surface area contributed by atoms with Crippen molar-refractivity contribution < 1.29 is 4.42 Å². The molecule has 5 nitrogen and oxygen atoms in total. The van der Waals surface area contributed by atoms with Crippen molar-refractivity contribution in [3.8, 4) is 11.6 Å². The molecule has 0 aliphatic rings. The molecule has 3 heterocycles. The molecule has 17 heavy (non-hydrogen) atoms. The summed E-state index contributed by atoms with van der Waals surface area (Å²) in [6, 6.07) is 3.76. The van der Waals surface area contributed by atoms with Gasteiger partial charge in [0, 0.05) is 31.2 Å². The van der Waals surface area contributed by atoms with Gasteiger partial charge in [-0.2, -0.15) is 5.10 Å². The van der Waals surface area contributed by atoms with Crippen LogP contribution >= 0.6 is 0 Å². The maximum absolute atomic E-state index is 5.36. The van der Waals surface area contributed by atoms with Gasteiger partial charge in [-0.15, -0.1) is 0 Å². The molecule has 0 radical (unpaired) electrons. The van der Waals surface area contributed by atoms with Crippen molar-refractivity contribution in [2.24, 2.45) is 7.05 Å². The minimum atomic E-state index is 0.740. The predicted molar refractivity (Wildman–Crippen MR) is 62.2 cm³/mol. The molecule has 0 unspecified atom stereocenters. The Kier molecular flexibility index (Phi) is 2.29. The molecule has 3 rings (SSSR count). The van der Waals surface area contributed by atoms with Gasteiger partial charge in [-0.25, -0.2) is 4.98 Å². The zero-order chi connectivity index (χ0) is 11.7. The third kappa shape index (κ3) is 1.87. The Morgan fingerprint density at radius 3 is 3.06 bits per heavy atom. The number of furan rings is 1. The van der Waals surface area contributed by atoms with Gasteiger partial charge in [0.05, 0.1) is 19.0 Å². The second-order valence-corrected chi connectivity index (χ2v) is 3.88. The summed E-state index contributed by atoms with van der Waals surface area (Å²) in [5.41, 5.74) is 1.14. The van der Waals surface area contributed by atoms with Gasteiger partial charge in [0.25, 0.3) is 0 Å². The van der Waals surface area contributed by atoms with E-state index in [0.717, 1.165) is 23.7 Å². The topological polar surface area (TPSA) is 48.8 Å². The molecule has 0 spiro atoms. The first kappa shape index (κ1) is 9.89. The standard InChI is InChI=1S/C12H12N4O/c1-15-8-10(7-14-15)9-16-5-4-13-12(16)11-3-2-6-17-11/h2-8H,9H2,1H3. The van der Waals surface area contributed by atoms with Gasteiger partial charge in [0.2, 0.25) is 0 Å². The average Bonchev–Trinajstić information content (AvgIpc) is 3.00. The van der Waals surface area contributed by atoms with Crippen LogP contribution in [0, 0.1) is 0 Å². The van der Waals surface area contributed by atoms with Crippen LogP contribution in [0.4, 0.5) is 0 Å². The molecule has 3 aromatic heterocycles. The first-order valence-corrected chi connectivity index (χ1v) is 5.35. The number of hydrogen-bond donors (Lipinski definition) is 0. The molecule has 3 aromatic rings. The van der Waals surface area contributed by atoms with Crippen molar-refractivity contribution in [2.75, 3.05) is 0 Å². The minimum absolute atomic E-state index is 0.740. The van der Waals surface area contributed by atoms with E-state index in [1.807, 2.05) is 42.3 Å². The molecule has 0 saturated heterocycles. The average molecular weight is 228 g/mol. The van der Waals surface area contributed by atoms with Gasteiger partial charge in [-0.1, -0.05) is 0 Å². The molecule has 0 fully saturated rings. The summed E-state index contributed by atoms with van der Waals surface area (Å²) in [4.78, 5) is 4.30. The van der Waals surface area contributed by atoms with Crippen molar-refractivity contribution in [2.45, 2.75) is 6.54 Å². The number of aryl methyl sites for hydroxylation is 1. The first-order chi connectivity index (χ1) is 8.33. The normalized spacial score (nSPS) is 10.9. The Morgan fingerprint density at radius 1 is 1.41 bits per heavy atom. The minimum Gasteiger partial charge on any atom is -0.461 e. The van der Waals surface area contributed by atoms with Gasteiger partial charge >= 0.3 is 0 Å². The SMILES string of the molecule is Cn1cc(Cn2ccnc2-c2ccco2)cn1. The van der Waals surface area contributed by atoms with Gasteiger partial charge in [0.15, 0.2) is 11.6 Å². The highest BCUT2D eigenvalue weighted by atomic mass is 16.3. The van der Waals surface area contributed by atoms with Gasteiger partial charge in [0.1, 0.15) is 0 Å². The highest BCUT2D eigenvalue weighted by Crippen LogP contribution is 2.18. The summed E-state index contributed by atoms with van der Waals surface area (Å²) < 4.78 is 9.19. The third-order valence-electron chi connectivity index (χ3n) is 2.57. The lowest BCUT2D eigenvalue weighted by atomic mass is 10.3. The highest BCUT2D eigenvalue weighted by molar-refractivity contribution is 5.47. The smallest absolute Gasteiger partial charge is 0.176 e. The fraction of sp³-hybridized carbons (Fsp3) is 0.167. The summed E-state index contributed by atoms with van der Waals surface area (Å²) >= 11 is 0. The maximum atomic E-state index is 5.36. The van der Waals surface area contributed by atoms with Gasteiger partial charge in [-0.3, -0.25) is 4.68 Å². The summed E-state index contributed by atoms with van der Waals surface area (Å²) in [6.45, 7) is 0.740. The fourth-order valence-corrected chi connectivity index (χ4v) is 1.82. The molecule has 5 heteroatoms. The zero-order valence-electron chi connectivity index (χ0n) is 9.45. The summed E-state index contributed by atoms with van der Waals surface area (Å²) in [7, 11) is 1.91. The second-order valence-electron chi connectivity index (χ2n) is 3.88. The van der Waals surface area contributed by atoms with E-state index in [0.29, 0.717) is 0 Å². The third-order valence-corrected chi connectivity index (χ3v) is 2.57. The molecule has 0 bridgehead atoms. The van der Waals surface area contributed by atoms with E-state index < -0.39 is 0 Å². The van der Waals surface area contributed by atoms with Crippen LogP contribution in [0.1, 0.15) is 5.56 Å². The highest BCUT2D eigenvalue weighted by Gasteiger charge is 2.09. The second kappa shape index (κ2) is 3.93. The molecule has 0 aliphatic heterocycles. The van der Waals surface area contributed by atoms with Crippen LogP contribution in [0.25, 0.3) is 11.6 Å². The molecule has 0 aromatic carbocycles. The number of rotatable bonds is 3.